The molecule has 0 aliphatic heterocycles. The number of carbonyl (C=O) groups is 2. The van der Waals surface area contributed by atoms with Crippen LogP contribution in [0.1, 0.15) is 49.8 Å². The van der Waals surface area contributed by atoms with Crippen LogP contribution in [0, 0.1) is 0 Å². The van der Waals surface area contributed by atoms with Crippen molar-refractivity contribution in [3.63, 3.8) is 0 Å². The molecule has 0 spiro atoms. The topological polar surface area (TPSA) is 98.6 Å². The molecule has 0 radical (unpaired) electrons. The maximum Gasteiger partial charge on any atom is 0.247 e. The van der Waals surface area contributed by atoms with Gasteiger partial charge in [0.25, 0.3) is 0 Å². The zero-order valence-electron chi connectivity index (χ0n) is 23.0. The monoisotopic (exact) mass is 541 g/mol. The first-order valence-corrected chi connectivity index (χ1v) is 13.8. The number of ether oxygens (including phenoxy) is 2. The van der Waals surface area contributed by atoms with E-state index >= 15 is 0 Å². The molecule has 0 saturated heterocycles. The summed E-state index contributed by atoms with van der Waals surface area (Å²) in [4.78, 5) is 29.9. The third kappa shape index (κ3) is 6.09. The van der Waals surface area contributed by atoms with Crippen LogP contribution in [-0.2, 0) is 22.7 Å². The fourth-order valence-corrected chi connectivity index (χ4v) is 5.30. The van der Waals surface area contributed by atoms with E-state index in [4.69, 9.17) is 9.47 Å². The number of rotatable bonds is 11. The number of nitrogens with zero attached hydrogens (tertiary/aromatic N) is 4. The first-order chi connectivity index (χ1) is 19.6. The van der Waals surface area contributed by atoms with Crippen molar-refractivity contribution < 1.29 is 19.1 Å². The Kier molecular flexibility index (Phi) is 8.59. The minimum absolute atomic E-state index is 0.0688. The van der Waals surface area contributed by atoms with Gasteiger partial charge in [0.15, 0.2) is 0 Å². The van der Waals surface area contributed by atoms with E-state index < -0.39 is 6.04 Å². The zero-order valence-corrected chi connectivity index (χ0v) is 23.0. The Labute approximate surface area is 234 Å². The summed E-state index contributed by atoms with van der Waals surface area (Å²) in [5.41, 5.74) is 2.96. The molecule has 0 bridgehead atoms. The second-order valence-electron chi connectivity index (χ2n) is 9.97. The van der Waals surface area contributed by atoms with Crippen molar-refractivity contribution in [2.45, 2.75) is 57.8 Å². The highest BCUT2D eigenvalue weighted by Gasteiger charge is 2.35. The van der Waals surface area contributed by atoms with Crippen molar-refractivity contribution in [3.8, 4) is 11.5 Å². The van der Waals surface area contributed by atoms with Crippen LogP contribution >= 0.6 is 0 Å². The van der Waals surface area contributed by atoms with Crippen molar-refractivity contribution >= 4 is 22.8 Å². The molecule has 5 rings (SSSR count). The molecule has 1 aliphatic rings. The van der Waals surface area contributed by atoms with E-state index in [1.807, 2.05) is 79.7 Å². The number of hydrogen-bond donors (Lipinski definition) is 1. The molecule has 1 aliphatic carbocycles. The molecule has 1 N–H and O–H groups in total. The number of aromatic nitrogens is 3. The summed E-state index contributed by atoms with van der Waals surface area (Å²) in [6, 6.07) is 21.7. The average Bonchev–Trinajstić information content (AvgIpc) is 3.64. The van der Waals surface area contributed by atoms with Crippen LogP contribution in [0.15, 0.2) is 72.8 Å². The number of nitrogens with one attached hydrogen (secondary N) is 1. The highest BCUT2D eigenvalue weighted by atomic mass is 16.5. The van der Waals surface area contributed by atoms with Crippen LogP contribution < -0.4 is 14.8 Å². The SMILES string of the molecule is CCOc1ccccc1[C@H](C(=O)NC1CCCC1)N(Cc1ccc(OC)cc1)C(=O)Cn1nnc2ccccc21. The molecule has 4 aromatic rings. The fourth-order valence-electron chi connectivity index (χ4n) is 5.30. The van der Waals surface area contributed by atoms with E-state index in [0.29, 0.717) is 29.2 Å². The Morgan fingerprint density at radius 3 is 2.50 bits per heavy atom. The van der Waals surface area contributed by atoms with Crippen LogP contribution in [0.3, 0.4) is 0 Å². The molecule has 1 atom stereocenters. The van der Waals surface area contributed by atoms with Gasteiger partial charge in [-0.1, -0.05) is 60.5 Å². The molecule has 1 saturated carbocycles. The highest BCUT2D eigenvalue weighted by molar-refractivity contribution is 5.90. The largest absolute Gasteiger partial charge is 0.497 e. The van der Waals surface area contributed by atoms with Crippen LogP contribution in [0.5, 0.6) is 11.5 Å². The van der Waals surface area contributed by atoms with Gasteiger partial charge < -0.3 is 19.7 Å². The van der Waals surface area contributed by atoms with Gasteiger partial charge in [-0.2, -0.15) is 0 Å². The average molecular weight is 542 g/mol. The number of carbonyl (C=O) groups excluding carboxylic acids is 2. The van der Waals surface area contributed by atoms with E-state index in [1.54, 1.807) is 16.7 Å². The highest BCUT2D eigenvalue weighted by Crippen LogP contribution is 2.33. The lowest BCUT2D eigenvalue weighted by Crippen LogP contribution is -2.46. The summed E-state index contributed by atoms with van der Waals surface area (Å²) < 4.78 is 12.9. The number of hydrogen-bond acceptors (Lipinski definition) is 6. The number of methoxy groups -OCH3 is 1. The summed E-state index contributed by atoms with van der Waals surface area (Å²) in [5.74, 6) is 0.817. The summed E-state index contributed by atoms with van der Waals surface area (Å²) in [6.45, 7) is 2.48. The lowest BCUT2D eigenvalue weighted by Gasteiger charge is -2.33. The molecule has 1 heterocycles. The first kappa shape index (κ1) is 27.2. The zero-order chi connectivity index (χ0) is 27.9. The smallest absolute Gasteiger partial charge is 0.247 e. The third-order valence-electron chi connectivity index (χ3n) is 7.31. The number of benzene rings is 3. The number of amides is 2. The minimum atomic E-state index is -0.910. The van der Waals surface area contributed by atoms with Crippen LogP contribution in [-0.4, -0.2) is 51.5 Å². The van der Waals surface area contributed by atoms with Gasteiger partial charge in [-0.15, -0.1) is 5.10 Å². The van der Waals surface area contributed by atoms with Gasteiger partial charge in [-0.3, -0.25) is 9.59 Å². The van der Waals surface area contributed by atoms with Crippen LogP contribution in [0.2, 0.25) is 0 Å². The minimum Gasteiger partial charge on any atom is -0.497 e. The van der Waals surface area contributed by atoms with Gasteiger partial charge in [-0.05, 0) is 55.7 Å². The lowest BCUT2D eigenvalue weighted by atomic mass is 10.0. The van der Waals surface area contributed by atoms with E-state index in [1.165, 1.54) is 0 Å². The lowest BCUT2D eigenvalue weighted by molar-refractivity contribution is -0.142. The second-order valence-corrected chi connectivity index (χ2v) is 9.97. The quantitative estimate of drug-likeness (QED) is 0.296. The molecular weight excluding hydrogens is 506 g/mol. The van der Waals surface area contributed by atoms with Gasteiger partial charge in [0.1, 0.15) is 29.6 Å². The fraction of sp³-hybridized carbons (Fsp3) is 0.355. The van der Waals surface area contributed by atoms with Gasteiger partial charge in [0, 0.05) is 18.2 Å². The van der Waals surface area contributed by atoms with Gasteiger partial charge in [0.2, 0.25) is 11.8 Å². The summed E-state index contributed by atoms with van der Waals surface area (Å²) in [7, 11) is 1.61. The van der Waals surface area contributed by atoms with Crippen molar-refractivity contribution in [2.75, 3.05) is 13.7 Å². The molecule has 1 fully saturated rings. The second kappa shape index (κ2) is 12.6. The van der Waals surface area contributed by atoms with Crippen molar-refractivity contribution in [1.29, 1.82) is 0 Å². The van der Waals surface area contributed by atoms with E-state index in [2.05, 4.69) is 15.6 Å². The molecule has 40 heavy (non-hydrogen) atoms. The van der Waals surface area contributed by atoms with E-state index in [-0.39, 0.29) is 30.9 Å². The molecule has 3 aromatic carbocycles. The molecule has 0 unspecified atom stereocenters. The van der Waals surface area contributed by atoms with E-state index in [9.17, 15) is 9.59 Å². The predicted octanol–water partition coefficient (Wildman–Crippen LogP) is 4.67. The summed E-state index contributed by atoms with van der Waals surface area (Å²) >= 11 is 0. The Morgan fingerprint density at radius 2 is 1.75 bits per heavy atom. The molecule has 208 valence electrons. The third-order valence-corrected chi connectivity index (χ3v) is 7.31. The number of para-hydroxylation sites is 2. The molecule has 1 aromatic heterocycles. The van der Waals surface area contributed by atoms with Crippen LogP contribution in [0.4, 0.5) is 0 Å². The molecule has 2 amide bonds. The first-order valence-electron chi connectivity index (χ1n) is 13.8. The predicted molar refractivity (Wildman–Crippen MR) is 152 cm³/mol. The maximum atomic E-state index is 14.2. The van der Waals surface area contributed by atoms with Crippen molar-refractivity contribution in [1.82, 2.24) is 25.2 Å². The van der Waals surface area contributed by atoms with Crippen molar-refractivity contribution in [3.05, 3.63) is 83.9 Å². The normalized spacial score (nSPS) is 14.2. The summed E-state index contributed by atoms with van der Waals surface area (Å²) in [5, 5.41) is 11.7. The Hall–Kier alpha value is -4.40. The maximum absolute atomic E-state index is 14.2. The van der Waals surface area contributed by atoms with Gasteiger partial charge >= 0.3 is 0 Å². The molecule has 9 nitrogen and oxygen atoms in total. The standard InChI is InChI=1S/C31H35N5O4/c1-3-40-28-15-9-6-12-25(28)30(31(38)32-23-10-4-5-11-23)35(20-22-16-18-24(39-2)19-17-22)29(37)21-36-27-14-8-7-13-26(27)33-34-36/h6-9,12-19,23,30H,3-5,10-11,20-21H2,1-2H3,(H,32,38)/t30-/m1/s1. The summed E-state index contributed by atoms with van der Waals surface area (Å²) in [6.07, 6.45) is 4.03. The van der Waals surface area contributed by atoms with Crippen molar-refractivity contribution in [2.24, 2.45) is 0 Å². The Bertz CT molecular complexity index is 1450. The van der Waals surface area contributed by atoms with Gasteiger partial charge in [-0.25, -0.2) is 4.68 Å². The Morgan fingerprint density at radius 1 is 1.02 bits per heavy atom. The molecular formula is C31H35N5O4. The van der Waals surface area contributed by atoms with Gasteiger partial charge in [0.05, 0.1) is 19.2 Å². The number of fused-ring (bicyclic) bond motifs is 1. The van der Waals surface area contributed by atoms with Crippen LogP contribution in [0.25, 0.3) is 11.0 Å². The molecule has 9 heteroatoms. The Balaban J connectivity index is 1.56. The van der Waals surface area contributed by atoms with E-state index in [0.717, 1.165) is 36.8 Å².